The van der Waals surface area contributed by atoms with Crippen LogP contribution < -0.4 is 10.6 Å². The van der Waals surface area contributed by atoms with Gasteiger partial charge in [0, 0.05) is 24.3 Å². The maximum atomic E-state index is 13.7. The molecule has 0 saturated carbocycles. The molecule has 2 N–H and O–H groups in total. The molecule has 1 heterocycles. The molecule has 17 heavy (non-hydrogen) atoms. The zero-order valence-corrected chi connectivity index (χ0v) is 10.4. The number of nitrogens with two attached hydrogens (primary N) is 1. The summed E-state index contributed by atoms with van der Waals surface area (Å²) in [5.74, 6) is -0.229. The van der Waals surface area contributed by atoms with E-state index in [9.17, 15) is 4.39 Å². The van der Waals surface area contributed by atoms with Crippen LogP contribution in [0.5, 0.6) is 0 Å². The van der Waals surface area contributed by atoms with Gasteiger partial charge in [-0.15, -0.1) is 0 Å². The Morgan fingerprint density at radius 3 is 2.88 bits per heavy atom. The van der Waals surface area contributed by atoms with Gasteiger partial charge in [-0.3, -0.25) is 0 Å². The Morgan fingerprint density at radius 1 is 1.47 bits per heavy atom. The second kappa shape index (κ2) is 4.63. The lowest BCUT2D eigenvalue weighted by Crippen LogP contribution is -2.53. The molecule has 1 aliphatic heterocycles. The number of rotatable bonds is 2. The topological polar surface area (TPSA) is 38.5 Å². The number of benzene rings is 1. The average Bonchev–Trinajstić information content (AvgIpc) is 2.28. The van der Waals surface area contributed by atoms with Gasteiger partial charge in [-0.05, 0) is 26.0 Å². The minimum absolute atomic E-state index is 0.129. The molecule has 0 aliphatic carbocycles. The molecule has 0 aromatic heterocycles. The van der Waals surface area contributed by atoms with E-state index in [0.717, 1.165) is 12.2 Å². The van der Waals surface area contributed by atoms with Crippen LogP contribution in [0.4, 0.5) is 10.1 Å². The molecular formula is C13H19FN2O. The zero-order valence-electron chi connectivity index (χ0n) is 10.4. The summed E-state index contributed by atoms with van der Waals surface area (Å²) in [6, 6.07) is 5.12. The van der Waals surface area contributed by atoms with E-state index < -0.39 is 0 Å². The van der Waals surface area contributed by atoms with Crippen LogP contribution in [0.2, 0.25) is 0 Å². The molecule has 1 fully saturated rings. The first-order valence-corrected chi connectivity index (χ1v) is 5.89. The molecule has 1 aromatic rings. The van der Waals surface area contributed by atoms with Gasteiger partial charge < -0.3 is 15.4 Å². The molecule has 1 aromatic carbocycles. The zero-order chi connectivity index (χ0) is 12.5. The number of hydrogen-bond donors (Lipinski definition) is 1. The quantitative estimate of drug-likeness (QED) is 0.855. The Kier molecular flexibility index (Phi) is 3.35. The van der Waals surface area contributed by atoms with Gasteiger partial charge >= 0.3 is 0 Å². The number of ether oxygens (including phenoxy) is 1. The van der Waals surface area contributed by atoms with Gasteiger partial charge in [-0.25, -0.2) is 4.39 Å². The van der Waals surface area contributed by atoms with Gasteiger partial charge in [0.05, 0.1) is 18.8 Å². The molecule has 4 heteroatoms. The molecule has 2 rings (SSSR count). The van der Waals surface area contributed by atoms with E-state index in [-0.39, 0.29) is 17.9 Å². The maximum absolute atomic E-state index is 13.7. The summed E-state index contributed by atoms with van der Waals surface area (Å²) in [6.07, 6.45) is 0. The van der Waals surface area contributed by atoms with Crippen LogP contribution in [0.3, 0.4) is 0 Å². The van der Waals surface area contributed by atoms with Crippen molar-refractivity contribution in [1.29, 1.82) is 0 Å². The molecule has 1 saturated heterocycles. The fraction of sp³-hybridized carbons (Fsp3) is 0.538. The van der Waals surface area contributed by atoms with E-state index >= 15 is 0 Å². The number of halogens is 1. The lowest BCUT2D eigenvalue weighted by atomic mass is 9.99. The highest BCUT2D eigenvalue weighted by molar-refractivity contribution is 5.56. The minimum Gasteiger partial charge on any atom is -0.377 e. The van der Waals surface area contributed by atoms with Crippen LogP contribution in [-0.2, 0) is 11.3 Å². The second-order valence-corrected chi connectivity index (χ2v) is 4.96. The van der Waals surface area contributed by atoms with Gasteiger partial charge in [-0.1, -0.05) is 6.07 Å². The average molecular weight is 238 g/mol. The van der Waals surface area contributed by atoms with Crippen LogP contribution in [0.15, 0.2) is 18.2 Å². The van der Waals surface area contributed by atoms with E-state index in [2.05, 4.69) is 18.7 Å². The van der Waals surface area contributed by atoms with E-state index in [0.29, 0.717) is 18.8 Å². The molecule has 0 radical (unpaired) electrons. The van der Waals surface area contributed by atoms with E-state index in [4.69, 9.17) is 10.5 Å². The molecule has 0 bridgehead atoms. The van der Waals surface area contributed by atoms with Crippen LogP contribution in [-0.4, -0.2) is 25.3 Å². The normalized spacial score (nSPS) is 19.4. The number of hydrogen-bond acceptors (Lipinski definition) is 3. The van der Waals surface area contributed by atoms with Crippen molar-refractivity contribution >= 4 is 5.69 Å². The highest BCUT2D eigenvalue weighted by atomic mass is 19.1. The predicted octanol–water partition coefficient (Wildman–Crippen LogP) is 1.90. The molecule has 1 aliphatic rings. The van der Waals surface area contributed by atoms with Crippen molar-refractivity contribution in [3.05, 3.63) is 29.6 Å². The van der Waals surface area contributed by atoms with Gasteiger partial charge in [0.1, 0.15) is 5.82 Å². The van der Waals surface area contributed by atoms with Crippen molar-refractivity contribution in [2.75, 3.05) is 24.7 Å². The molecular weight excluding hydrogens is 219 g/mol. The van der Waals surface area contributed by atoms with E-state index in [1.807, 2.05) is 6.07 Å². The standard InChI is InChI=1S/C13H19FN2O/c1-13(2)9-17-7-6-16(13)12-5-3-4-11(14)10(12)8-15/h3-5H,6-9,15H2,1-2H3. The SMILES string of the molecule is CC1(C)COCCN1c1cccc(F)c1CN. The Hall–Kier alpha value is -1.13. The largest absolute Gasteiger partial charge is 0.377 e. The van der Waals surface area contributed by atoms with Crippen molar-refractivity contribution in [2.24, 2.45) is 5.73 Å². The Labute approximate surface area is 101 Å². The first-order valence-electron chi connectivity index (χ1n) is 5.89. The molecule has 0 spiro atoms. The number of anilines is 1. The fourth-order valence-corrected chi connectivity index (χ4v) is 2.31. The first kappa shape index (κ1) is 12.3. The number of morpholine rings is 1. The third-order valence-electron chi connectivity index (χ3n) is 3.23. The van der Waals surface area contributed by atoms with Crippen LogP contribution in [0, 0.1) is 5.82 Å². The predicted molar refractivity (Wildman–Crippen MR) is 66.5 cm³/mol. The summed E-state index contributed by atoms with van der Waals surface area (Å²) in [5.41, 5.74) is 7.00. The van der Waals surface area contributed by atoms with Crippen molar-refractivity contribution < 1.29 is 9.13 Å². The van der Waals surface area contributed by atoms with Crippen molar-refractivity contribution in [2.45, 2.75) is 25.9 Å². The smallest absolute Gasteiger partial charge is 0.129 e. The van der Waals surface area contributed by atoms with Crippen molar-refractivity contribution in [3.63, 3.8) is 0 Å². The third-order valence-corrected chi connectivity index (χ3v) is 3.23. The third kappa shape index (κ3) is 2.28. The van der Waals surface area contributed by atoms with Crippen LogP contribution >= 0.6 is 0 Å². The molecule has 0 atom stereocenters. The summed E-state index contributed by atoms with van der Waals surface area (Å²) in [4.78, 5) is 2.18. The Morgan fingerprint density at radius 2 is 2.24 bits per heavy atom. The minimum atomic E-state index is -0.229. The van der Waals surface area contributed by atoms with Crippen molar-refractivity contribution in [1.82, 2.24) is 0 Å². The molecule has 94 valence electrons. The van der Waals surface area contributed by atoms with Gasteiger partial charge in [0.2, 0.25) is 0 Å². The van der Waals surface area contributed by atoms with Gasteiger partial charge in [0.15, 0.2) is 0 Å². The number of nitrogens with zero attached hydrogens (tertiary/aromatic N) is 1. The summed E-state index contributed by atoms with van der Waals surface area (Å²) in [7, 11) is 0. The summed E-state index contributed by atoms with van der Waals surface area (Å²) >= 11 is 0. The lowest BCUT2D eigenvalue weighted by Gasteiger charge is -2.44. The van der Waals surface area contributed by atoms with Crippen molar-refractivity contribution in [3.8, 4) is 0 Å². The monoisotopic (exact) mass is 238 g/mol. The Bertz CT molecular complexity index is 406. The summed E-state index contributed by atoms with van der Waals surface area (Å²) < 4.78 is 19.2. The maximum Gasteiger partial charge on any atom is 0.129 e. The molecule has 0 amide bonds. The first-order chi connectivity index (χ1) is 8.06. The van der Waals surface area contributed by atoms with Crippen LogP contribution in [0.1, 0.15) is 19.4 Å². The van der Waals surface area contributed by atoms with Crippen LogP contribution in [0.25, 0.3) is 0 Å². The summed E-state index contributed by atoms with van der Waals surface area (Å²) in [6.45, 7) is 6.49. The fourth-order valence-electron chi connectivity index (χ4n) is 2.31. The van der Waals surface area contributed by atoms with Gasteiger partial charge in [-0.2, -0.15) is 0 Å². The summed E-state index contributed by atoms with van der Waals surface area (Å²) in [5, 5.41) is 0. The molecule has 3 nitrogen and oxygen atoms in total. The lowest BCUT2D eigenvalue weighted by molar-refractivity contribution is 0.0642. The second-order valence-electron chi connectivity index (χ2n) is 4.96. The highest BCUT2D eigenvalue weighted by Gasteiger charge is 2.32. The van der Waals surface area contributed by atoms with E-state index in [1.165, 1.54) is 6.07 Å². The van der Waals surface area contributed by atoms with E-state index in [1.54, 1.807) is 6.07 Å². The van der Waals surface area contributed by atoms with Gasteiger partial charge in [0.25, 0.3) is 0 Å². The molecule has 0 unspecified atom stereocenters. The Balaban J connectivity index is 2.42. The highest BCUT2D eigenvalue weighted by Crippen LogP contribution is 2.30.